The second-order valence-electron chi connectivity index (χ2n) is 4.98. The van der Waals surface area contributed by atoms with Gasteiger partial charge in [0.1, 0.15) is 4.88 Å². The third kappa shape index (κ3) is 4.77. The standard InChI is InChI=1S/C13H19NO5S2/c15-13(16)12-8-11(9-20-12)21(17,18)14-6-7-19-10-4-2-1-3-5-10/h8-10,14H,1-7H2,(H,15,16). The third-order valence-electron chi connectivity index (χ3n) is 3.40. The summed E-state index contributed by atoms with van der Waals surface area (Å²) in [7, 11) is -3.66. The average molecular weight is 333 g/mol. The quantitative estimate of drug-likeness (QED) is 0.745. The molecule has 2 N–H and O–H groups in total. The molecule has 21 heavy (non-hydrogen) atoms. The predicted molar refractivity (Wildman–Crippen MR) is 79.3 cm³/mol. The number of thiophene rings is 1. The molecule has 118 valence electrons. The molecular weight excluding hydrogens is 314 g/mol. The molecule has 0 atom stereocenters. The lowest BCUT2D eigenvalue weighted by Gasteiger charge is -2.21. The summed E-state index contributed by atoms with van der Waals surface area (Å²) in [4.78, 5) is 10.7. The van der Waals surface area contributed by atoms with Gasteiger partial charge in [-0.2, -0.15) is 0 Å². The first-order valence-corrected chi connectivity index (χ1v) is 9.28. The summed E-state index contributed by atoms with van der Waals surface area (Å²) in [6.07, 6.45) is 5.91. The highest BCUT2D eigenvalue weighted by Gasteiger charge is 2.18. The topological polar surface area (TPSA) is 92.7 Å². The van der Waals surface area contributed by atoms with E-state index in [4.69, 9.17) is 9.84 Å². The SMILES string of the molecule is O=C(O)c1cc(S(=O)(=O)NCCOC2CCCCC2)cs1. The van der Waals surface area contributed by atoms with Gasteiger partial charge in [0.25, 0.3) is 0 Å². The Kier molecular flexibility index (Phi) is 5.74. The van der Waals surface area contributed by atoms with Crippen LogP contribution in [0.4, 0.5) is 0 Å². The fourth-order valence-corrected chi connectivity index (χ4v) is 4.41. The van der Waals surface area contributed by atoms with Crippen LogP contribution >= 0.6 is 11.3 Å². The molecule has 0 unspecified atom stereocenters. The maximum atomic E-state index is 12.0. The van der Waals surface area contributed by atoms with Gasteiger partial charge < -0.3 is 9.84 Å². The number of nitrogens with one attached hydrogen (secondary N) is 1. The normalized spacial score (nSPS) is 17.0. The number of carboxylic acids is 1. The van der Waals surface area contributed by atoms with Crippen LogP contribution in [-0.2, 0) is 14.8 Å². The number of carboxylic acid groups (broad SMARTS) is 1. The first kappa shape index (κ1) is 16.4. The predicted octanol–water partition coefficient (Wildman–Crippen LogP) is 2.07. The molecule has 0 aliphatic heterocycles. The van der Waals surface area contributed by atoms with Crippen LogP contribution in [0.3, 0.4) is 0 Å². The van der Waals surface area contributed by atoms with Gasteiger partial charge >= 0.3 is 5.97 Å². The minimum absolute atomic E-state index is 0.00818. The van der Waals surface area contributed by atoms with E-state index in [1.165, 1.54) is 24.6 Å². The molecule has 1 aliphatic rings. The van der Waals surface area contributed by atoms with Gasteiger partial charge in [0.15, 0.2) is 0 Å². The van der Waals surface area contributed by atoms with Gasteiger partial charge in [0, 0.05) is 11.9 Å². The number of aromatic carboxylic acids is 1. The zero-order valence-corrected chi connectivity index (χ0v) is 13.2. The summed E-state index contributed by atoms with van der Waals surface area (Å²) in [5.74, 6) is -1.12. The minimum Gasteiger partial charge on any atom is -0.477 e. The lowest BCUT2D eigenvalue weighted by atomic mass is 9.98. The van der Waals surface area contributed by atoms with Crippen molar-refractivity contribution in [1.29, 1.82) is 0 Å². The highest BCUT2D eigenvalue weighted by molar-refractivity contribution is 7.89. The van der Waals surface area contributed by atoms with Crippen LogP contribution in [0.25, 0.3) is 0 Å². The highest BCUT2D eigenvalue weighted by Crippen LogP contribution is 2.20. The molecule has 0 bridgehead atoms. The van der Waals surface area contributed by atoms with Crippen LogP contribution in [0.1, 0.15) is 41.8 Å². The molecule has 8 heteroatoms. The van der Waals surface area contributed by atoms with Crippen molar-refractivity contribution in [3.8, 4) is 0 Å². The number of hydrogen-bond acceptors (Lipinski definition) is 5. The van der Waals surface area contributed by atoms with Gasteiger partial charge in [0.05, 0.1) is 17.6 Å². The number of carbonyl (C=O) groups is 1. The van der Waals surface area contributed by atoms with E-state index in [9.17, 15) is 13.2 Å². The largest absolute Gasteiger partial charge is 0.477 e. The van der Waals surface area contributed by atoms with E-state index in [2.05, 4.69) is 4.72 Å². The van der Waals surface area contributed by atoms with Gasteiger partial charge in [-0.1, -0.05) is 19.3 Å². The highest BCUT2D eigenvalue weighted by atomic mass is 32.2. The van der Waals surface area contributed by atoms with Gasteiger partial charge in [-0.05, 0) is 18.9 Å². The molecule has 0 amide bonds. The molecular formula is C13H19NO5S2. The molecule has 0 radical (unpaired) electrons. The zero-order chi connectivity index (χ0) is 15.3. The van der Waals surface area contributed by atoms with E-state index in [1.54, 1.807) is 0 Å². The van der Waals surface area contributed by atoms with Gasteiger partial charge in [-0.25, -0.2) is 17.9 Å². The van der Waals surface area contributed by atoms with Crippen LogP contribution in [0, 0.1) is 0 Å². The number of sulfonamides is 1. The maximum absolute atomic E-state index is 12.0. The Bertz CT molecular complexity index is 575. The van der Waals surface area contributed by atoms with Crippen molar-refractivity contribution < 1.29 is 23.1 Å². The Morgan fingerprint density at radius 3 is 2.71 bits per heavy atom. The van der Waals surface area contributed by atoms with Gasteiger partial charge in [-0.3, -0.25) is 0 Å². The summed E-state index contributed by atoms with van der Waals surface area (Å²) in [5.41, 5.74) is 0. The molecule has 6 nitrogen and oxygen atoms in total. The summed E-state index contributed by atoms with van der Waals surface area (Å²) >= 11 is 0.896. The molecule has 0 saturated heterocycles. The Morgan fingerprint density at radius 2 is 2.10 bits per heavy atom. The molecule has 1 fully saturated rings. The van der Waals surface area contributed by atoms with Crippen LogP contribution < -0.4 is 4.72 Å². The molecule has 1 aromatic heterocycles. The Balaban J connectivity index is 1.79. The summed E-state index contributed by atoms with van der Waals surface area (Å²) in [6, 6.07) is 1.16. The lowest BCUT2D eigenvalue weighted by Crippen LogP contribution is -2.29. The molecule has 0 spiro atoms. The molecule has 0 aromatic carbocycles. The van der Waals surface area contributed by atoms with Gasteiger partial charge in [-0.15, -0.1) is 11.3 Å². The zero-order valence-electron chi connectivity index (χ0n) is 11.6. The summed E-state index contributed by atoms with van der Waals surface area (Å²) in [5, 5.41) is 10.1. The van der Waals surface area contributed by atoms with Crippen molar-refractivity contribution in [3.63, 3.8) is 0 Å². The van der Waals surface area contributed by atoms with E-state index < -0.39 is 16.0 Å². The molecule has 1 saturated carbocycles. The lowest BCUT2D eigenvalue weighted by molar-refractivity contribution is 0.0321. The minimum atomic E-state index is -3.66. The number of hydrogen-bond donors (Lipinski definition) is 2. The van der Waals surface area contributed by atoms with E-state index in [0.29, 0.717) is 6.61 Å². The Morgan fingerprint density at radius 1 is 1.38 bits per heavy atom. The maximum Gasteiger partial charge on any atom is 0.345 e. The van der Waals surface area contributed by atoms with Crippen molar-refractivity contribution >= 4 is 27.3 Å². The van der Waals surface area contributed by atoms with Crippen molar-refractivity contribution in [1.82, 2.24) is 4.72 Å². The van der Waals surface area contributed by atoms with Crippen molar-refractivity contribution in [2.24, 2.45) is 0 Å². The number of ether oxygens (including phenoxy) is 1. The van der Waals surface area contributed by atoms with Crippen molar-refractivity contribution in [2.45, 2.75) is 43.1 Å². The molecule has 2 rings (SSSR count). The molecule has 1 heterocycles. The van der Waals surface area contributed by atoms with Crippen molar-refractivity contribution in [2.75, 3.05) is 13.2 Å². The fourth-order valence-electron chi connectivity index (χ4n) is 2.29. The fraction of sp³-hybridized carbons (Fsp3) is 0.615. The molecule has 1 aliphatic carbocycles. The van der Waals surface area contributed by atoms with E-state index in [-0.39, 0.29) is 22.4 Å². The van der Waals surface area contributed by atoms with E-state index in [0.717, 1.165) is 30.2 Å². The smallest absolute Gasteiger partial charge is 0.345 e. The third-order valence-corrected chi connectivity index (χ3v) is 5.90. The monoisotopic (exact) mass is 333 g/mol. The van der Waals surface area contributed by atoms with Crippen LogP contribution in [0.5, 0.6) is 0 Å². The average Bonchev–Trinajstić information content (AvgIpc) is 2.96. The molecule has 1 aromatic rings. The van der Waals surface area contributed by atoms with E-state index >= 15 is 0 Å². The number of rotatable bonds is 7. The van der Waals surface area contributed by atoms with Crippen LogP contribution in [-0.4, -0.2) is 38.7 Å². The second kappa shape index (κ2) is 7.35. The van der Waals surface area contributed by atoms with Crippen molar-refractivity contribution in [3.05, 3.63) is 16.3 Å². The van der Waals surface area contributed by atoms with Crippen LogP contribution in [0.2, 0.25) is 0 Å². The summed E-state index contributed by atoms with van der Waals surface area (Å²) in [6.45, 7) is 0.525. The summed E-state index contributed by atoms with van der Waals surface area (Å²) < 4.78 is 32.0. The van der Waals surface area contributed by atoms with Gasteiger partial charge in [0.2, 0.25) is 10.0 Å². The first-order valence-electron chi connectivity index (χ1n) is 6.92. The van der Waals surface area contributed by atoms with Crippen LogP contribution in [0.15, 0.2) is 16.3 Å². The first-order chi connectivity index (χ1) is 9.99. The Hall–Kier alpha value is -0.960. The Labute approximate surface area is 128 Å². The van der Waals surface area contributed by atoms with E-state index in [1.807, 2.05) is 0 Å². The second-order valence-corrected chi connectivity index (χ2v) is 7.66.